The smallest absolute Gasteiger partial charge is 0.344 e. The summed E-state index contributed by atoms with van der Waals surface area (Å²) < 4.78 is 34.7. The molecule has 144 valence electrons. The van der Waals surface area contributed by atoms with Crippen LogP contribution in [0.5, 0.6) is 0 Å². The van der Waals surface area contributed by atoms with Gasteiger partial charge in [-0.3, -0.25) is 29.8 Å². The molecule has 0 radical (unpaired) electrons. The molecule has 3 aliphatic rings. The summed E-state index contributed by atoms with van der Waals surface area (Å²) in [7, 11) is -4.87. The number of hydrazine groups is 1. The highest BCUT2D eigenvalue weighted by Crippen LogP contribution is 2.30. The number of rotatable bonds is 4. The molecule has 4 N–H and O–H groups in total. The average Bonchev–Trinajstić information content (AvgIpc) is 3.09. The van der Waals surface area contributed by atoms with E-state index in [1.807, 2.05) is 0 Å². The maximum atomic E-state index is 12.3. The summed E-state index contributed by atoms with van der Waals surface area (Å²) in [6.45, 7) is 0.0407. The van der Waals surface area contributed by atoms with E-state index in [1.54, 1.807) is 0 Å². The highest BCUT2D eigenvalue weighted by molar-refractivity contribution is 7.80. The fraction of sp³-hybridized carbons (Fsp3) is 0.667. The van der Waals surface area contributed by atoms with Gasteiger partial charge in [0.05, 0.1) is 6.04 Å². The van der Waals surface area contributed by atoms with Crippen molar-refractivity contribution in [2.45, 2.75) is 43.8 Å². The molecule has 14 heteroatoms. The van der Waals surface area contributed by atoms with Crippen LogP contribution in [0.4, 0.5) is 4.79 Å². The first kappa shape index (κ1) is 18.3. The number of carbonyl (C=O) groups is 4. The third kappa shape index (κ3) is 3.71. The first-order valence-electron chi connectivity index (χ1n) is 7.81. The van der Waals surface area contributed by atoms with E-state index in [1.165, 1.54) is 0 Å². The van der Waals surface area contributed by atoms with E-state index in [4.69, 9.17) is 4.55 Å². The number of hydrogen-bond donors (Lipinski definition) is 4. The zero-order chi connectivity index (χ0) is 19.1. The Morgan fingerprint density at radius 3 is 2.46 bits per heavy atom. The SMILES string of the molecule is O=C1CC[C@@H](C(=O)NNC(=O)[C@@H]2CC[C@@H]3CN2C(=O)N3OS(=O)(=O)O)N1. The van der Waals surface area contributed by atoms with Crippen LogP contribution in [-0.4, -0.2) is 71.4 Å². The summed E-state index contributed by atoms with van der Waals surface area (Å²) in [5.41, 5.74) is 4.39. The molecule has 3 rings (SSSR count). The maximum Gasteiger partial charge on any atom is 0.418 e. The van der Waals surface area contributed by atoms with Crippen LogP contribution < -0.4 is 16.2 Å². The minimum absolute atomic E-state index is 0.0407. The molecule has 0 saturated carbocycles. The second-order valence-corrected chi connectivity index (χ2v) is 7.15. The van der Waals surface area contributed by atoms with Crippen LogP contribution in [0.1, 0.15) is 25.7 Å². The number of fused-ring (bicyclic) bond motifs is 2. The highest BCUT2D eigenvalue weighted by atomic mass is 32.3. The first-order chi connectivity index (χ1) is 12.2. The van der Waals surface area contributed by atoms with E-state index in [2.05, 4.69) is 20.5 Å². The quantitative estimate of drug-likeness (QED) is 0.298. The fourth-order valence-electron chi connectivity index (χ4n) is 3.21. The highest BCUT2D eigenvalue weighted by Gasteiger charge is 2.49. The van der Waals surface area contributed by atoms with Crippen molar-refractivity contribution in [3.63, 3.8) is 0 Å². The van der Waals surface area contributed by atoms with Gasteiger partial charge in [0.2, 0.25) is 5.91 Å². The van der Waals surface area contributed by atoms with Crippen LogP contribution in [-0.2, 0) is 29.1 Å². The Morgan fingerprint density at radius 2 is 1.85 bits per heavy atom. The summed E-state index contributed by atoms with van der Waals surface area (Å²) in [5.74, 6) is -1.50. The van der Waals surface area contributed by atoms with Crippen molar-refractivity contribution < 1.29 is 36.4 Å². The van der Waals surface area contributed by atoms with E-state index >= 15 is 0 Å². The van der Waals surface area contributed by atoms with E-state index in [9.17, 15) is 27.6 Å². The molecule has 3 heterocycles. The monoisotopic (exact) mass is 391 g/mol. The molecule has 26 heavy (non-hydrogen) atoms. The van der Waals surface area contributed by atoms with Crippen molar-refractivity contribution in [3.05, 3.63) is 0 Å². The predicted octanol–water partition coefficient (Wildman–Crippen LogP) is -2.58. The topological polar surface area (TPSA) is 174 Å². The van der Waals surface area contributed by atoms with Gasteiger partial charge in [0, 0.05) is 13.0 Å². The Hall–Kier alpha value is -2.45. The molecule has 0 aromatic heterocycles. The second kappa shape index (κ2) is 6.69. The fourth-order valence-corrected chi connectivity index (χ4v) is 3.60. The molecular formula is C12H17N5O8S. The lowest BCUT2D eigenvalue weighted by Gasteiger charge is -2.29. The number of urea groups is 1. The largest absolute Gasteiger partial charge is 0.418 e. The van der Waals surface area contributed by atoms with Gasteiger partial charge in [-0.1, -0.05) is 0 Å². The van der Waals surface area contributed by atoms with Gasteiger partial charge < -0.3 is 10.2 Å². The lowest BCUT2D eigenvalue weighted by atomic mass is 10.0. The first-order valence-corrected chi connectivity index (χ1v) is 9.18. The lowest BCUT2D eigenvalue weighted by molar-refractivity contribution is -0.133. The van der Waals surface area contributed by atoms with Crippen molar-refractivity contribution in [1.82, 2.24) is 26.1 Å². The minimum Gasteiger partial charge on any atom is -0.344 e. The number of hydrogen-bond acceptors (Lipinski definition) is 7. The summed E-state index contributed by atoms with van der Waals surface area (Å²) in [5, 5.41) is 2.97. The van der Waals surface area contributed by atoms with E-state index in [-0.39, 0.29) is 31.7 Å². The van der Waals surface area contributed by atoms with Gasteiger partial charge in [0.25, 0.3) is 11.8 Å². The number of nitrogens with one attached hydrogen (secondary N) is 3. The second-order valence-electron chi connectivity index (χ2n) is 6.15. The van der Waals surface area contributed by atoms with Gasteiger partial charge in [0.15, 0.2) is 0 Å². The van der Waals surface area contributed by atoms with Gasteiger partial charge in [0.1, 0.15) is 12.1 Å². The van der Waals surface area contributed by atoms with Crippen molar-refractivity contribution >= 4 is 34.2 Å². The van der Waals surface area contributed by atoms with E-state index in [0.29, 0.717) is 11.5 Å². The third-order valence-electron chi connectivity index (χ3n) is 4.42. The van der Waals surface area contributed by atoms with Crippen molar-refractivity contribution in [2.24, 2.45) is 0 Å². The molecule has 0 aromatic carbocycles. The minimum atomic E-state index is -4.87. The molecule has 3 atom stereocenters. The van der Waals surface area contributed by atoms with Crippen LogP contribution >= 0.6 is 0 Å². The summed E-state index contributed by atoms with van der Waals surface area (Å²) >= 11 is 0. The summed E-state index contributed by atoms with van der Waals surface area (Å²) in [6, 6.07) is -3.16. The standard InChI is InChI=1S/C12H17N5O8S/c18-9-4-2-7(13-9)10(19)14-15-11(20)8-3-1-6-5-16(8)12(21)17(6)25-26(22,23)24/h6-8H,1-5H2,(H,13,18)(H,14,19)(H,15,20)(H,22,23,24)/t6-,7+,8+/m1/s1. The van der Waals surface area contributed by atoms with Crippen LogP contribution in [0.25, 0.3) is 0 Å². The Morgan fingerprint density at radius 1 is 1.15 bits per heavy atom. The molecule has 5 amide bonds. The van der Waals surface area contributed by atoms with Crippen molar-refractivity contribution in [3.8, 4) is 0 Å². The van der Waals surface area contributed by atoms with Gasteiger partial charge >= 0.3 is 16.4 Å². The van der Waals surface area contributed by atoms with Crippen molar-refractivity contribution in [1.29, 1.82) is 0 Å². The molecule has 2 bridgehead atoms. The van der Waals surface area contributed by atoms with Crippen LogP contribution in [0.3, 0.4) is 0 Å². The molecular weight excluding hydrogens is 374 g/mol. The zero-order valence-corrected chi connectivity index (χ0v) is 14.2. The molecule has 0 unspecified atom stereocenters. The molecule has 0 aliphatic carbocycles. The average molecular weight is 391 g/mol. The zero-order valence-electron chi connectivity index (χ0n) is 13.4. The molecule has 13 nitrogen and oxygen atoms in total. The van der Waals surface area contributed by atoms with Gasteiger partial charge in [-0.15, -0.1) is 4.28 Å². The van der Waals surface area contributed by atoms with Gasteiger partial charge in [-0.25, -0.2) is 4.79 Å². The lowest BCUT2D eigenvalue weighted by Crippen LogP contribution is -2.56. The van der Waals surface area contributed by atoms with Crippen molar-refractivity contribution in [2.75, 3.05) is 6.54 Å². The number of piperidine rings is 1. The van der Waals surface area contributed by atoms with Gasteiger partial charge in [-0.2, -0.15) is 13.5 Å². The Kier molecular flexibility index (Phi) is 4.72. The summed E-state index contributed by atoms with van der Waals surface area (Å²) in [6.07, 6.45) is 1.02. The van der Waals surface area contributed by atoms with Crippen LogP contribution in [0, 0.1) is 0 Å². The normalized spacial score (nSPS) is 28.1. The third-order valence-corrected chi connectivity index (χ3v) is 4.77. The van der Waals surface area contributed by atoms with E-state index < -0.39 is 46.4 Å². The van der Waals surface area contributed by atoms with Gasteiger partial charge in [-0.05, 0) is 19.3 Å². The Bertz CT molecular complexity index is 755. The Labute approximate surface area is 147 Å². The maximum absolute atomic E-state index is 12.3. The van der Waals surface area contributed by atoms with Crippen LogP contribution in [0.15, 0.2) is 0 Å². The van der Waals surface area contributed by atoms with E-state index in [0.717, 1.165) is 4.90 Å². The van der Waals surface area contributed by atoms with Crippen LogP contribution in [0.2, 0.25) is 0 Å². The molecule has 0 aromatic rings. The molecule has 3 saturated heterocycles. The summed E-state index contributed by atoms with van der Waals surface area (Å²) in [4.78, 5) is 48.5. The number of hydroxylamine groups is 2. The molecule has 0 spiro atoms. The molecule has 3 aliphatic heterocycles. The Balaban J connectivity index is 1.57. The molecule has 3 fully saturated rings. The number of carbonyl (C=O) groups excluding carboxylic acids is 4. The number of nitrogens with zero attached hydrogens (tertiary/aromatic N) is 2. The predicted molar refractivity (Wildman–Crippen MR) is 80.8 cm³/mol. The number of amides is 5.